The highest BCUT2D eigenvalue weighted by Gasteiger charge is 2.21. The fourth-order valence-corrected chi connectivity index (χ4v) is 3.30. The zero-order chi connectivity index (χ0) is 21.3. The van der Waals surface area contributed by atoms with Gasteiger partial charge in [-0.25, -0.2) is 5.06 Å². The van der Waals surface area contributed by atoms with E-state index in [0.29, 0.717) is 13.2 Å². The molecule has 5 nitrogen and oxygen atoms in total. The second kappa shape index (κ2) is 21.0. The highest BCUT2D eigenvalue weighted by atomic mass is 35.5. The van der Waals surface area contributed by atoms with Gasteiger partial charge < -0.3 is 10.6 Å². The molecule has 31 heavy (non-hydrogen) atoms. The number of nitrogens with two attached hydrogens (primary N) is 1. The van der Waals surface area contributed by atoms with Crippen LogP contribution in [0.5, 0.6) is 0 Å². The van der Waals surface area contributed by atoms with E-state index in [1.807, 2.05) is 44.4 Å². The summed E-state index contributed by atoms with van der Waals surface area (Å²) in [5.74, 6) is -0.0948. The number of unbranched alkanes of at least 4 members (excludes halogenated alkanes) is 7. The van der Waals surface area contributed by atoms with Gasteiger partial charge in [-0.1, -0.05) is 88.6 Å². The highest BCUT2D eigenvalue weighted by molar-refractivity contribution is 5.85. The van der Waals surface area contributed by atoms with Crippen molar-refractivity contribution in [1.82, 2.24) is 9.96 Å². The number of carbonyl (C=O) groups excluding carboxylic acids is 1. The molecule has 0 spiro atoms. The predicted molar refractivity (Wildman–Crippen MR) is 136 cm³/mol. The Bertz CT molecular complexity index is 533. The van der Waals surface area contributed by atoms with E-state index in [9.17, 15) is 4.79 Å². The van der Waals surface area contributed by atoms with E-state index in [1.54, 1.807) is 0 Å². The van der Waals surface area contributed by atoms with Gasteiger partial charge in [0, 0.05) is 6.54 Å². The SMILES string of the molecule is CCCCCCCCCCC(N)C(=O)N(CCCN(C)C)OCc1ccccc1.Cl.Cl. The summed E-state index contributed by atoms with van der Waals surface area (Å²) in [6.45, 7) is 4.10. The Kier molecular flexibility index (Phi) is 21.9. The van der Waals surface area contributed by atoms with Crippen molar-refractivity contribution in [1.29, 1.82) is 0 Å². The first kappa shape index (κ1) is 32.3. The van der Waals surface area contributed by atoms with Crippen LogP contribution in [-0.2, 0) is 16.2 Å². The normalized spacial score (nSPS) is 11.5. The minimum Gasteiger partial charge on any atom is -0.320 e. The maximum atomic E-state index is 12.8. The van der Waals surface area contributed by atoms with Crippen LogP contribution in [0.4, 0.5) is 0 Å². The third kappa shape index (κ3) is 16.4. The van der Waals surface area contributed by atoms with Crippen LogP contribution in [0, 0.1) is 0 Å². The summed E-state index contributed by atoms with van der Waals surface area (Å²) in [5.41, 5.74) is 7.27. The number of hydrogen-bond donors (Lipinski definition) is 1. The van der Waals surface area contributed by atoms with Crippen LogP contribution in [0.3, 0.4) is 0 Å². The Morgan fingerprint density at radius 3 is 2.06 bits per heavy atom. The zero-order valence-corrected chi connectivity index (χ0v) is 21.4. The second-order valence-electron chi connectivity index (χ2n) is 8.23. The van der Waals surface area contributed by atoms with E-state index in [0.717, 1.165) is 37.8 Å². The maximum Gasteiger partial charge on any atom is 0.263 e. The average molecular weight is 479 g/mol. The summed E-state index contributed by atoms with van der Waals surface area (Å²) in [6, 6.07) is 9.45. The third-order valence-corrected chi connectivity index (χ3v) is 5.13. The van der Waals surface area contributed by atoms with Gasteiger partial charge >= 0.3 is 0 Å². The molecule has 0 saturated carbocycles. The van der Waals surface area contributed by atoms with Gasteiger partial charge in [-0.15, -0.1) is 24.8 Å². The number of hydrogen-bond acceptors (Lipinski definition) is 4. The molecule has 7 heteroatoms. The summed E-state index contributed by atoms with van der Waals surface area (Å²) >= 11 is 0. The molecule has 1 rings (SSSR count). The van der Waals surface area contributed by atoms with Gasteiger partial charge in [-0.2, -0.15) is 0 Å². The molecule has 0 radical (unpaired) electrons. The van der Waals surface area contributed by atoms with Crippen molar-refractivity contribution >= 4 is 30.7 Å². The second-order valence-corrected chi connectivity index (χ2v) is 8.23. The van der Waals surface area contributed by atoms with Gasteiger partial charge in [0.05, 0.1) is 6.04 Å². The van der Waals surface area contributed by atoms with Crippen LogP contribution in [0.25, 0.3) is 0 Å². The van der Waals surface area contributed by atoms with Crippen LogP contribution in [-0.4, -0.2) is 49.1 Å². The average Bonchev–Trinajstić information content (AvgIpc) is 2.72. The van der Waals surface area contributed by atoms with Gasteiger partial charge in [-0.3, -0.25) is 9.63 Å². The smallest absolute Gasteiger partial charge is 0.263 e. The van der Waals surface area contributed by atoms with E-state index < -0.39 is 6.04 Å². The third-order valence-electron chi connectivity index (χ3n) is 5.13. The van der Waals surface area contributed by atoms with Gasteiger partial charge in [0.25, 0.3) is 5.91 Å². The Morgan fingerprint density at radius 2 is 1.48 bits per heavy atom. The topological polar surface area (TPSA) is 58.8 Å². The molecule has 0 aliphatic heterocycles. The minimum atomic E-state index is -0.481. The molecule has 0 fully saturated rings. The first-order chi connectivity index (χ1) is 14.0. The number of amides is 1. The van der Waals surface area contributed by atoms with Crippen molar-refractivity contribution < 1.29 is 9.63 Å². The molecule has 0 saturated heterocycles. The number of nitrogens with zero attached hydrogens (tertiary/aromatic N) is 2. The molecule has 0 aliphatic carbocycles. The standard InChI is InChI=1S/C24H43N3O2.2ClH/c1-4-5-6-7-8-9-10-14-18-23(25)24(28)27(20-15-19-26(2)3)29-21-22-16-12-11-13-17-22;;/h11-13,16-17,23H,4-10,14-15,18-21,25H2,1-3H3;2*1H. The lowest BCUT2D eigenvalue weighted by Crippen LogP contribution is -2.44. The summed E-state index contributed by atoms with van der Waals surface area (Å²) in [5, 5.41) is 1.49. The van der Waals surface area contributed by atoms with E-state index in [2.05, 4.69) is 11.8 Å². The molecule has 182 valence electrons. The number of benzene rings is 1. The summed E-state index contributed by atoms with van der Waals surface area (Å²) < 4.78 is 0. The lowest BCUT2D eigenvalue weighted by molar-refractivity contribution is -0.193. The highest BCUT2D eigenvalue weighted by Crippen LogP contribution is 2.12. The molecule has 1 aromatic carbocycles. The molecular formula is C24H45Cl2N3O2. The number of carbonyl (C=O) groups is 1. The molecular weight excluding hydrogens is 433 g/mol. The molecule has 2 N–H and O–H groups in total. The lowest BCUT2D eigenvalue weighted by Gasteiger charge is -2.25. The van der Waals surface area contributed by atoms with E-state index in [4.69, 9.17) is 10.6 Å². The van der Waals surface area contributed by atoms with Crippen molar-refractivity contribution in [2.45, 2.75) is 83.8 Å². The lowest BCUT2D eigenvalue weighted by atomic mass is 10.0. The van der Waals surface area contributed by atoms with Crippen molar-refractivity contribution in [3.8, 4) is 0 Å². The fourth-order valence-electron chi connectivity index (χ4n) is 3.30. The molecule has 1 unspecified atom stereocenters. The molecule has 0 aliphatic rings. The summed E-state index contributed by atoms with van der Waals surface area (Å²) in [4.78, 5) is 20.8. The van der Waals surface area contributed by atoms with Gasteiger partial charge in [0.2, 0.25) is 0 Å². The first-order valence-electron chi connectivity index (χ1n) is 11.4. The Labute approximate surface area is 202 Å². The Hall–Kier alpha value is -0.850. The largest absolute Gasteiger partial charge is 0.320 e. The van der Waals surface area contributed by atoms with E-state index >= 15 is 0 Å². The van der Waals surface area contributed by atoms with Crippen LogP contribution in [0.2, 0.25) is 0 Å². The fraction of sp³-hybridized carbons (Fsp3) is 0.708. The molecule has 0 aromatic heterocycles. The van der Waals surface area contributed by atoms with Gasteiger partial charge in [0.1, 0.15) is 6.61 Å². The van der Waals surface area contributed by atoms with Crippen molar-refractivity contribution in [3.63, 3.8) is 0 Å². The first-order valence-corrected chi connectivity index (χ1v) is 11.4. The molecule has 0 heterocycles. The molecule has 1 atom stereocenters. The Morgan fingerprint density at radius 1 is 0.903 bits per heavy atom. The van der Waals surface area contributed by atoms with Gasteiger partial charge in [-0.05, 0) is 39.0 Å². The molecule has 1 amide bonds. The van der Waals surface area contributed by atoms with Crippen molar-refractivity contribution in [3.05, 3.63) is 35.9 Å². The molecule has 0 bridgehead atoms. The minimum absolute atomic E-state index is 0. The van der Waals surface area contributed by atoms with Crippen LogP contribution in [0.1, 0.15) is 76.7 Å². The molecule has 1 aromatic rings. The van der Waals surface area contributed by atoms with E-state index in [-0.39, 0.29) is 30.7 Å². The van der Waals surface area contributed by atoms with Crippen molar-refractivity contribution in [2.75, 3.05) is 27.2 Å². The zero-order valence-electron chi connectivity index (χ0n) is 19.8. The van der Waals surface area contributed by atoms with Crippen LogP contribution >= 0.6 is 24.8 Å². The summed E-state index contributed by atoms with van der Waals surface area (Å²) in [6.07, 6.45) is 11.6. The predicted octanol–water partition coefficient (Wildman–Crippen LogP) is 5.60. The maximum absolute atomic E-state index is 12.8. The van der Waals surface area contributed by atoms with Crippen LogP contribution < -0.4 is 5.73 Å². The van der Waals surface area contributed by atoms with E-state index in [1.165, 1.54) is 43.6 Å². The van der Waals surface area contributed by atoms with Crippen LogP contribution in [0.15, 0.2) is 30.3 Å². The van der Waals surface area contributed by atoms with Gasteiger partial charge in [0.15, 0.2) is 0 Å². The monoisotopic (exact) mass is 477 g/mol. The quantitative estimate of drug-likeness (QED) is 0.234. The van der Waals surface area contributed by atoms with Crippen molar-refractivity contribution in [2.24, 2.45) is 5.73 Å². The number of halogens is 2. The Balaban J connectivity index is 0. The summed E-state index contributed by atoms with van der Waals surface area (Å²) in [7, 11) is 4.07. The number of hydroxylamine groups is 2. The number of rotatable bonds is 17.